The van der Waals surface area contributed by atoms with Gasteiger partial charge in [0.15, 0.2) is 0 Å². The van der Waals surface area contributed by atoms with Crippen molar-refractivity contribution in [3.8, 4) is 0 Å². The van der Waals surface area contributed by atoms with Crippen molar-refractivity contribution in [2.24, 2.45) is 0 Å². The van der Waals surface area contributed by atoms with Crippen LogP contribution in [0.25, 0.3) is 0 Å². The molecular weight excluding hydrogens is 286 g/mol. The third-order valence-electron chi connectivity index (χ3n) is 3.64. The van der Waals surface area contributed by atoms with Crippen LogP contribution in [-0.4, -0.2) is 25.7 Å². The quantitative estimate of drug-likeness (QED) is 0.915. The minimum atomic E-state index is -0.0242. The number of nitrogens with zero attached hydrogens (tertiary/aromatic N) is 4. The number of carbonyl (C=O) groups excluding carboxylic acids is 1. The topological polar surface area (TPSA) is 72.7 Å². The monoisotopic (exact) mass is 305 g/mol. The van der Waals surface area contributed by atoms with Crippen molar-refractivity contribution in [1.29, 1.82) is 0 Å². The molecule has 2 heterocycles. The number of carbonyl (C=O) groups is 1. The van der Waals surface area contributed by atoms with E-state index in [1.807, 2.05) is 6.92 Å². The molecule has 112 valence electrons. The summed E-state index contributed by atoms with van der Waals surface area (Å²) in [5, 5.41) is 8.02. The molecular formula is C14H19N5OS. The summed E-state index contributed by atoms with van der Waals surface area (Å²) in [6, 6.07) is -0.0242. The molecule has 3 rings (SSSR count). The van der Waals surface area contributed by atoms with Gasteiger partial charge >= 0.3 is 0 Å². The van der Waals surface area contributed by atoms with Crippen molar-refractivity contribution in [1.82, 2.24) is 25.1 Å². The Balaban J connectivity index is 1.54. The molecule has 0 aliphatic heterocycles. The smallest absolute Gasteiger partial charge is 0.222 e. The van der Waals surface area contributed by atoms with Gasteiger partial charge in [0.05, 0.1) is 18.3 Å². The van der Waals surface area contributed by atoms with Gasteiger partial charge in [-0.2, -0.15) is 5.10 Å². The van der Waals surface area contributed by atoms with Crippen LogP contribution in [0, 0.1) is 0 Å². The van der Waals surface area contributed by atoms with Crippen molar-refractivity contribution in [2.45, 2.75) is 51.6 Å². The molecule has 2 aromatic heterocycles. The average molecular weight is 305 g/mol. The first kappa shape index (κ1) is 14.2. The zero-order valence-electron chi connectivity index (χ0n) is 12.1. The normalized spacial score (nSPS) is 15.5. The van der Waals surface area contributed by atoms with Crippen molar-refractivity contribution in [3.05, 3.63) is 28.2 Å². The van der Waals surface area contributed by atoms with Gasteiger partial charge in [0.1, 0.15) is 17.7 Å². The standard InChI is InChI=1S/C14H19N5OS/c1-10(14-18-11-4-2-3-5-12(11)21-14)17-13(20)6-7-19-9-15-8-16-19/h8-10H,2-7H2,1H3,(H,17,20)/t10-/m1/s1. The van der Waals surface area contributed by atoms with Gasteiger partial charge in [-0.3, -0.25) is 9.48 Å². The summed E-state index contributed by atoms with van der Waals surface area (Å²) in [7, 11) is 0. The maximum atomic E-state index is 12.0. The first-order valence-electron chi connectivity index (χ1n) is 7.32. The molecule has 1 amide bonds. The fourth-order valence-electron chi connectivity index (χ4n) is 2.50. The third kappa shape index (κ3) is 3.47. The summed E-state index contributed by atoms with van der Waals surface area (Å²) in [4.78, 5) is 21.9. The zero-order valence-corrected chi connectivity index (χ0v) is 12.9. The molecule has 7 heteroatoms. The molecule has 0 bridgehead atoms. The van der Waals surface area contributed by atoms with Crippen molar-refractivity contribution < 1.29 is 4.79 Å². The summed E-state index contributed by atoms with van der Waals surface area (Å²) in [6.45, 7) is 2.55. The number of rotatable bonds is 5. The second kappa shape index (κ2) is 6.34. The van der Waals surface area contributed by atoms with Crippen LogP contribution in [0.1, 0.15) is 47.8 Å². The van der Waals surface area contributed by atoms with E-state index < -0.39 is 0 Å². The molecule has 0 fully saturated rings. The number of aryl methyl sites for hydroxylation is 3. The lowest BCUT2D eigenvalue weighted by Crippen LogP contribution is -2.27. The highest BCUT2D eigenvalue weighted by atomic mass is 32.1. The molecule has 0 saturated carbocycles. The molecule has 1 aliphatic rings. The molecule has 0 saturated heterocycles. The predicted molar refractivity (Wildman–Crippen MR) is 80.0 cm³/mol. The molecule has 21 heavy (non-hydrogen) atoms. The number of hydrogen-bond donors (Lipinski definition) is 1. The molecule has 0 spiro atoms. The summed E-state index contributed by atoms with van der Waals surface area (Å²) in [6.07, 6.45) is 8.20. The number of aromatic nitrogens is 4. The van der Waals surface area contributed by atoms with Gasteiger partial charge in [-0.1, -0.05) is 0 Å². The number of hydrogen-bond acceptors (Lipinski definition) is 5. The summed E-state index contributed by atoms with van der Waals surface area (Å²) < 4.78 is 1.66. The molecule has 6 nitrogen and oxygen atoms in total. The second-order valence-corrected chi connectivity index (χ2v) is 6.44. The SMILES string of the molecule is C[C@@H](NC(=O)CCn1cncn1)c1nc2c(s1)CCCC2. The maximum absolute atomic E-state index is 12.0. The Morgan fingerprint density at radius 3 is 3.10 bits per heavy atom. The van der Waals surface area contributed by atoms with E-state index in [1.165, 1.54) is 29.7 Å². The van der Waals surface area contributed by atoms with E-state index in [0.717, 1.165) is 17.8 Å². The number of amides is 1. The van der Waals surface area contributed by atoms with Crippen LogP contribution in [0.2, 0.25) is 0 Å². The maximum Gasteiger partial charge on any atom is 0.222 e. The van der Waals surface area contributed by atoms with E-state index in [4.69, 9.17) is 4.98 Å². The lowest BCUT2D eigenvalue weighted by molar-refractivity contribution is -0.122. The Labute approximate surface area is 127 Å². The van der Waals surface area contributed by atoms with Crippen molar-refractivity contribution in [3.63, 3.8) is 0 Å². The van der Waals surface area contributed by atoms with Crippen LogP contribution >= 0.6 is 11.3 Å². The Morgan fingerprint density at radius 2 is 2.33 bits per heavy atom. The minimum Gasteiger partial charge on any atom is -0.347 e. The highest BCUT2D eigenvalue weighted by Crippen LogP contribution is 2.29. The van der Waals surface area contributed by atoms with Crippen molar-refractivity contribution >= 4 is 17.2 Å². The molecule has 0 unspecified atom stereocenters. The Kier molecular flexibility index (Phi) is 4.28. The van der Waals surface area contributed by atoms with Crippen LogP contribution in [0.15, 0.2) is 12.7 Å². The molecule has 0 radical (unpaired) electrons. The molecule has 1 N–H and O–H groups in total. The Bertz CT molecular complexity index is 583. The van der Waals surface area contributed by atoms with Crippen LogP contribution in [-0.2, 0) is 24.2 Å². The Hall–Kier alpha value is -1.76. The van der Waals surface area contributed by atoms with E-state index in [1.54, 1.807) is 22.3 Å². The lowest BCUT2D eigenvalue weighted by atomic mass is 10.0. The van der Waals surface area contributed by atoms with E-state index in [9.17, 15) is 4.79 Å². The van der Waals surface area contributed by atoms with Gasteiger partial charge in [0.2, 0.25) is 5.91 Å². The third-order valence-corrected chi connectivity index (χ3v) is 4.98. The number of thiazole rings is 1. The van der Waals surface area contributed by atoms with Crippen molar-refractivity contribution in [2.75, 3.05) is 0 Å². The van der Waals surface area contributed by atoms with Gasteiger partial charge in [-0.25, -0.2) is 9.97 Å². The zero-order chi connectivity index (χ0) is 14.7. The summed E-state index contributed by atoms with van der Waals surface area (Å²) >= 11 is 1.75. The number of fused-ring (bicyclic) bond motifs is 1. The first-order chi connectivity index (χ1) is 10.2. The fourth-order valence-corrected chi connectivity index (χ4v) is 3.65. The van der Waals surface area contributed by atoms with E-state index >= 15 is 0 Å². The molecule has 1 atom stereocenters. The highest BCUT2D eigenvalue weighted by Gasteiger charge is 2.19. The van der Waals surface area contributed by atoms with E-state index in [-0.39, 0.29) is 11.9 Å². The van der Waals surface area contributed by atoms with Crippen LogP contribution < -0.4 is 5.32 Å². The van der Waals surface area contributed by atoms with E-state index in [0.29, 0.717) is 13.0 Å². The van der Waals surface area contributed by atoms with Gasteiger partial charge in [-0.15, -0.1) is 11.3 Å². The molecule has 2 aromatic rings. The lowest BCUT2D eigenvalue weighted by Gasteiger charge is -2.11. The van der Waals surface area contributed by atoms with Gasteiger partial charge in [0, 0.05) is 11.3 Å². The van der Waals surface area contributed by atoms with Gasteiger partial charge in [0.25, 0.3) is 0 Å². The largest absolute Gasteiger partial charge is 0.347 e. The Morgan fingerprint density at radius 1 is 1.48 bits per heavy atom. The second-order valence-electron chi connectivity index (χ2n) is 5.33. The summed E-state index contributed by atoms with van der Waals surface area (Å²) in [5.41, 5.74) is 1.24. The van der Waals surface area contributed by atoms with Crippen LogP contribution in [0.5, 0.6) is 0 Å². The highest BCUT2D eigenvalue weighted by molar-refractivity contribution is 7.11. The molecule has 0 aromatic carbocycles. The van der Waals surface area contributed by atoms with Crippen LogP contribution in [0.3, 0.4) is 0 Å². The molecule has 1 aliphatic carbocycles. The van der Waals surface area contributed by atoms with Crippen LogP contribution in [0.4, 0.5) is 0 Å². The van der Waals surface area contributed by atoms with Gasteiger partial charge < -0.3 is 5.32 Å². The first-order valence-corrected chi connectivity index (χ1v) is 8.14. The average Bonchev–Trinajstić information content (AvgIpc) is 3.14. The summed E-state index contributed by atoms with van der Waals surface area (Å²) in [5.74, 6) is 0.0196. The van der Waals surface area contributed by atoms with Gasteiger partial charge in [-0.05, 0) is 32.6 Å². The fraction of sp³-hybridized carbons (Fsp3) is 0.571. The minimum absolute atomic E-state index is 0.0196. The van der Waals surface area contributed by atoms with E-state index in [2.05, 4.69) is 15.4 Å². The predicted octanol–water partition coefficient (Wildman–Crippen LogP) is 1.88. The number of nitrogens with one attached hydrogen (secondary N) is 1.